The maximum absolute atomic E-state index is 5.54. The molecule has 1 aromatic heterocycles. The van der Waals surface area contributed by atoms with Gasteiger partial charge >= 0.3 is 0 Å². The van der Waals surface area contributed by atoms with Crippen LogP contribution < -0.4 is 5.32 Å². The van der Waals surface area contributed by atoms with Crippen LogP contribution in [0.1, 0.15) is 39.4 Å². The second kappa shape index (κ2) is 9.17. The molecule has 0 amide bonds. The number of nitrogens with one attached hydrogen (secondary N) is 1. The third kappa shape index (κ3) is 7.51. The summed E-state index contributed by atoms with van der Waals surface area (Å²) in [7, 11) is 0. The molecule has 0 spiro atoms. The molecule has 0 saturated carbocycles. The molecule has 18 heavy (non-hydrogen) atoms. The zero-order valence-electron chi connectivity index (χ0n) is 11.9. The Morgan fingerprint density at radius 2 is 2.17 bits per heavy atom. The summed E-state index contributed by atoms with van der Waals surface area (Å²) in [5.74, 6) is 1.70. The van der Waals surface area contributed by atoms with Crippen molar-refractivity contribution in [3.05, 3.63) is 24.2 Å². The predicted octanol–water partition coefficient (Wildman–Crippen LogP) is 3.25. The largest absolute Gasteiger partial charge is 0.469 e. The first-order valence-electron chi connectivity index (χ1n) is 7.02. The molecule has 0 aliphatic rings. The van der Waals surface area contributed by atoms with Gasteiger partial charge in [-0.3, -0.25) is 0 Å². The number of hydrogen-bond donors (Lipinski definition) is 1. The molecule has 0 aliphatic heterocycles. The van der Waals surface area contributed by atoms with Gasteiger partial charge in [0, 0.05) is 25.7 Å². The summed E-state index contributed by atoms with van der Waals surface area (Å²) >= 11 is 0. The lowest BCUT2D eigenvalue weighted by atomic mass is 10.1. The summed E-state index contributed by atoms with van der Waals surface area (Å²) < 4.78 is 10.9. The van der Waals surface area contributed by atoms with Gasteiger partial charge in [-0.05, 0) is 44.4 Å². The minimum absolute atomic E-state index is 0.528. The van der Waals surface area contributed by atoms with E-state index >= 15 is 0 Å². The quantitative estimate of drug-likeness (QED) is 0.650. The second-order valence-corrected chi connectivity index (χ2v) is 5.30. The SMILES string of the molecule is CC(C)COCCCNC(C)CCc1ccco1. The van der Waals surface area contributed by atoms with Gasteiger partial charge in [0.1, 0.15) is 5.76 Å². The molecule has 3 nitrogen and oxygen atoms in total. The van der Waals surface area contributed by atoms with Crippen molar-refractivity contribution in [3.63, 3.8) is 0 Å². The van der Waals surface area contributed by atoms with Crippen LogP contribution in [0.2, 0.25) is 0 Å². The fourth-order valence-corrected chi connectivity index (χ4v) is 1.76. The van der Waals surface area contributed by atoms with E-state index in [0.717, 1.165) is 44.8 Å². The first kappa shape index (κ1) is 15.3. The zero-order chi connectivity index (χ0) is 13.2. The van der Waals surface area contributed by atoms with Gasteiger partial charge < -0.3 is 14.5 Å². The molecule has 1 atom stereocenters. The van der Waals surface area contributed by atoms with Gasteiger partial charge in [0.15, 0.2) is 0 Å². The van der Waals surface area contributed by atoms with E-state index in [4.69, 9.17) is 9.15 Å². The molecule has 1 aromatic rings. The lowest BCUT2D eigenvalue weighted by Gasteiger charge is -2.13. The van der Waals surface area contributed by atoms with Crippen molar-refractivity contribution < 1.29 is 9.15 Å². The van der Waals surface area contributed by atoms with E-state index in [1.165, 1.54) is 0 Å². The summed E-state index contributed by atoms with van der Waals surface area (Å²) in [5.41, 5.74) is 0. The van der Waals surface area contributed by atoms with Crippen molar-refractivity contribution in [3.8, 4) is 0 Å². The van der Waals surface area contributed by atoms with Crippen LogP contribution in [-0.4, -0.2) is 25.8 Å². The van der Waals surface area contributed by atoms with Crippen LogP contribution in [0, 0.1) is 5.92 Å². The summed E-state index contributed by atoms with van der Waals surface area (Å²) in [6.07, 6.45) is 4.93. The predicted molar refractivity (Wildman–Crippen MR) is 74.8 cm³/mol. The van der Waals surface area contributed by atoms with Crippen LogP contribution in [0.25, 0.3) is 0 Å². The van der Waals surface area contributed by atoms with Gasteiger partial charge in [-0.2, -0.15) is 0 Å². The van der Waals surface area contributed by atoms with E-state index in [0.29, 0.717) is 12.0 Å². The molecule has 1 unspecified atom stereocenters. The molecule has 0 aromatic carbocycles. The van der Waals surface area contributed by atoms with E-state index in [1.54, 1.807) is 6.26 Å². The lowest BCUT2D eigenvalue weighted by Crippen LogP contribution is -2.28. The number of ether oxygens (including phenoxy) is 1. The molecule has 0 fully saturated rings. The minimum atomic E-state index is 0.528. The van der Waals surface area contributed by atoms with E-state index in [9.17, 15) is 0 Å². The van der Waals surface area contributed by atoms with E-state index in [2.05, 4.69) is 26.1 Å². The summed E-state index contributed by atoms with van der Waals surface area (Å²) in [6, 6.07) is 4.51. The number of rotatable bonds is 10. The summed E-state index contributed by atoms with van der Waals surface area (Å²) in [4.78, 5) is 0. The van der Waals surface area contributed by atoms with Crippen LogP contribution >= 0.6 is 0 Å². The molecule has 0 aliphatic carbocycles. The molecule has 0 saturated heterocycles. The average molecular weight is 253 g/mol. The van der Waals surface area contributed by atoms with Crippen molar-refractivity contribution in [2.45, 2.75) is 46.1 Å². The maximum Gasteiger partial charge on any atom is 0.103 e. The van der Waals surface area contributed by atoms with E-state index in [1.807, 2.05) is 12.1 Å². The van der Waals surface area contributed by atoms with Crippen LogP contribution in [0.4, 0.5) is 0 Å². The minimum Gasteiger partial charge on any atom is -0.469 e. The van der Waals surface area contributed by atoms with Gasteiger partial charge in [-0.1, -0.05) is 13.8 Å². The van der Waals surface area contributed by atoms with E-state index in [-0.39, 0.29) is 0 Å². The third-order valence-corrected chi connectivity index (χ3v) is 2.81. The molecule has 0 bridgehead atoms. The van der Waals surface area contributed by atoms with Gasteiger partial charge in [0.25, 0.3) is 0 Å². The van der Waals surface area contributed by atoms with Gasteiger partial charge in [-0.25, -0.2) is 0 Å². The van der Waals surface area contributed by atoms with Gasteiger partial charge in [0.05, 0.1) is 6.26 Å². The Labute approximate surface area is 111 Å². The second-order valence-electron chi connectivity index (χ2n) is 5.30. The van der Waals surface area contributed by atoms with Crippen LogP contribution in [0.15, 0.2) is 22.8 Å². The molecule has 0 radical (unpaired) electrons. The topological polar surface area (TPSA) is 34.4 Å². The average Bonchev–Trinajstić information content (AvgIpc) is 2.83. The molecular formula is C15H27NO2. The Morgan fingerprint density at radius 1 is 1.33 bits per heavy atom. The fraction of sp³-hybridized carbons (Fsp3) is 0.733. The number of hydrogen-bond acceptors (Lipinski definition) is 3. The number of furan rings is 1. The van der Waals surface area contributed by atoms with Crippen LogP contribution in [0.5, 0.6) is 0 Å². The van der Waals surface area contributed by atoms with Gasteiger partial charge in [-0.15, -0.1) is 0 Å². The highest BCUT2D eigenvalue weighted by Gasteiger charge is 2.03. The maximum atomic E-state index is 5.54. The highest BCUT2D eigenvalue weighted by Crippen LogP contribution is 2.05. The van der Waals surface area contributed by atoms with Crippen molar-refractivity contribution in [2.24, 2.45) is 5.92 Å². The monoisotopic (exact) mass is 253 g/mol. The molecule has 1 rings (SSSR count). The Morgan fingerprint density at radius 3 is 2.83 bits per heavy atom. The fourth-order valence-electron chi connectivity index (χ4n) is 1.76. The van der Waals surface area contributed by atoms with Crippen LogP contribution in [-0.2, 0) is 11.2 Å². The Balaban J connectivity index is 1.92. The molecule has 1 N–H and O–H groups in total. The van der Waals surface area contributed by atoms with E-state index < -0.39 is 0 Å². The Bertz CT molecular complexity index is 283. The Hall–Kier alpha value is -0.800. The lowest BCUT2D eigenvalue weighted by molar-refractivity contribution is 0.107. The molecule has 104 valence electrons. The highest BCUT2D eigenvalue weighted by atomic mass is 16.5. The standard InChI is InChI=1S/C15H27NO2/c1-13(2)12-17-10-5-9-16-14(3)7-8-15-6-4-11-18-15/h4,6,11,13-14,16H,5,7-10,12H2,1-3H3. The van der Waals surface area contributed by atoms with Gasteiger partial charge in [0.2, 0.25) is 0 Å². The number of aryl methyl sites for hydroxylation is 1. The van der Waals surface area contributed by atoms with Crippen molar-refractivity contribution >= 4 is 0 Å². The molecule has 3 heteroatoms. The summed E-state index contributed by atoms with van der Waals surface area (Å²) in [5, 5.41) is 3.51. The third-order valence-electron chi connectivity index (χ3n) is 2.81. The highest BCUT2D eigenvalue weighted by molar-refractivity contribution is 4.98. The normalized spacial score (nSPS) is 13.1. The summed E-state index contributed by atoms with van der Waals surface area (Å²) in [6.45, 7) is 9.32. The first-order chi connectivity index (χ1) is 8.68. The van der Waals surface area contributed by atoms with Crippen molar-refractivity contribution in [1.29, 1.82) is 0 Å². The molecular weight excluding hydrogens is 226 g/mol. The Kier molecular flexibility index (Phi) is 7.78. The zero-order valence-corrected chi connectivity index (χ0v) is 11.9. The van der Waals surface area contributed by atoms with Crippen LogP contribution in [0.3, 0.4) is 0 Å². The molecule has 1 heterocycles. The van der Waals surface area contributed by atoms with Crippen molar-refractivity contribution in [2.75, 3.05) is 19.8 Å². The smallest absolute Gasteiger partial charge is 0.103 e. The van der Waals surface area contributed by atoms with Crippen molar-refractivity contribution in [1.82, 2.24) is 5.32 Å². The first-order valence-corrected chi connectivity index (χ1v) is 7.02.